The summed E-state index contributed by atoms with van der Waals surface area (Å²) in [7, 11) is 7.09. The van der Waals surface area contributed by atoms with E-state index < -0.39 is 23.3 Å². The Hall–Kier alpha value is -5.52. The van der Waals surface area contributed by atoms with Crippen LogP contribution in [0.4, 0.5) is 5.69 Å². The molecular weight excluding hydrogens is 546 g/mol. The standard InChI is InChI=1S/C30H27N3O9/c1-38-22-12-17(21(33(36)37)13-23(22)39-2)15-32-29(34)26(16-10-24(40-3)28(42-5)25(11-16)41-4)27(30(32)35)19-14-31-20-9-7-6-8-18(19)20/h6-14,31H,15H2,1-5H3. The number of aromatic amines is 1. The third-order valence-corrected chi connectivity index (χ3v) is 7.09. The molecule has 0 fully saturated rings. The normalized spacial score (nSPS) is 13.1. The number of hydrogen-bond donors (Lipinski definition) is 1. The molecule has 1 aliphatic rings. The van der Waals surface area contributed by atoms with E-state index in [0.29, 0.717) is 16.9 Å². The van der Waals surface area contributed by atoms with Crippen molar-refractivity contribution < 1.29 is 38.2 Å². The van der Waals surface area contributed by atoms with Crippen LogP contribution in [0.3, 0.4) is 0 Å². The predicted molar refractivity (Wildman–Crippen MR) is 153 cm³/mol. The maximum absolute atomic E-state index is 14.2. The van der Waals surface area contributed by atoms with Crippen molar-refractivity contribution in [2.75, 3.05) is 35.5 Å². The van der Waals surface area contributed by atoms with Gasteiger partial charge in [-0.15, -0.1) is 0 Å². The Bertz CT molecular complexity index is 1750. The number of H-pyrrole nitrogens is 1. The van der Waals surface area contributed by atoms with E-state index in [4.69, 9.17) is 23.7 Å². The number of nitro benzene ring substituents is 1. The Morgan fingerprint density at radius 2 is 1.38 bits per heavy atom. The molecule has 0 atom stereocenters. The highest BCUT2D eigenvalue weighted by Gasteiger charge is 2.42. The highest BCUT2D eigenvalue weighted by atomic mass is 16.6. The molecule has 3 aromatic carbocycles. The largest absolute Gasteiger partial charge is 0.493 e. The molecule has 216 valence electrons. The summed E-state index contributed by atoms with van der Waals surface area (Å²) in [5.41, 5.74) is 1.55. The first-order valence-electron chi connectivity index (χ1n) is 12.6. The summed E-state index contributed by atoms with van der Waals surface area (Å²) >= 11 is 0. The molecule has 5 rings (SSSR count). The van der Waals surface area contributed by atoms with Crippen molar-refractivity contribution in [3.63, 3.8) is 0 Å². The number of nitrogens with zero attached hydrogens (tertiary/aromatic N) is 2. The van der Waals surface area contributed by atoms with Crippen molar-refractivity contribution in [2.45, 2.75) is 6.54 Å². The molecule has 0 radical (unpaired) electrons. The molecule has 12 nitrogen and oxygen atoms in total. The average Bonchev–Trinajstić information content (AvgIpc) is 3.53. The molecule has 0 bridgehead atoms. The van der Waals surface area contributed by atoms with Gasteiger partial charge in [0.2, 0.25) is 5.75 Å². The summed E-state index contributed by atoms with van der Waals surface area (Å²) in [4.78, 5) is 43.8. The van der Waals surface area contributed by atoms with Crippen LogP contribution >= 0.6 is 0 Å². The fraction of sp³-hybridized carbons (Fsp3) is 0.200. The lowest BCUT2D eigenvalue weighted by Crippen LogP contribution is -2.31. The lowest BCUT2D eigenvalue weighted by atomic mass is 9.95. The molecule has 0 unspecified atom stereocenters. The van der Waals surface area contributed by atoms with Crippen LogP contribution in [0.5, 0.6) is 28.7 Å². The molecule has 0 aliphatic carbocycles. The first kappa shape index (κ1) is 28.0. The van der Waals surface area contributed by atoms with Gasteiger partial charge in [-0.3, -0.25) is 24.6 Å². The van der Waals surface area contributed by atoms with Crippen molar-refractivity contribution in [1.29, 1.82) is 0 Å². The van der Waals surface area contributed by atoms with Crippen LogP contribution < -0.4 is 23.7 Å². The smallest absolute Gasteiger partial charge is 0.278 e. The lowest BCUT2D eigenvalue weighted by molar-refractivity contribution is -0.385. The summed E-state index contributed by atoms with van der Waals surface area (Å²) in [6, 6.07) is 13.1. The number of benzene rings is 3. The Morgan fingerprint density at radius 3 is 1.98 bits per heavy atom. The third kappa shape index (κ3) is 4.52. The van der Waals surface area contributed by atoms with Crippen molar-refractivity contribution in [3.05, 3.63) is 81.5 Å². The molecule has 0 spiro atoms. The second kappa shape index (κ2) is 11.2. The number of rotatable bonds is 10. The number of fused-ring (bicyclic) bond motifs is 1. The maximum Gasteiger partial charge on any atom is 0.278 e. The van der Waals surface area contributed by atoms with Crippen LogP contribution in [0, 0.1) is 10.1 Å². The van der Waals surface area contributed by atoms with E-state index in [0.717, 1.165) is 15.8 Å². The van der Waals surface area contributed by atoms with Crippen molar-refractivity contribution >= 4 is 39.6 Å². The molecule has 1 N–H and O–H groups in total. The molecule has 42 heavy (non-hydrogen) atoms. The lowest BCUT2D eigenvalue weighted by Gasteiger charge is -2.17. The first-order valence-corrected chi connectivity index (χ1v) is 12.6. The minimum Gasteiger partial charge on any atom is -0.493 e. The number of para-hydroxylation sites is 1. The Morgan fingerprint density at radius 1 is 0.786 bits per heavy atom. The number of hydrogen-bond acceptors (Lipinski definition) is 9. The number of carbonyl (C=O) groups is 2. The van der Waals surface area contributed by atoms with Crippen LogP contribution in [0.25, 0.3) is 22.0 Å². The van der Waals surface area contributed by atoms with Gasteiger partial charge in [-0.25, -0.2) is 0 Å². The van der Waals surface area contributed by atoms with Gasteiger partial charge in [0, 0.05) is 22.7 Å². The summed E-state index contributed by atoms with van der Waals surface area (Å²) in [6.07, 6.45) is 1.66. The van der Waals surface area contributed by atoms with E-state index in [1.54, 1.807) is 18.3 Å². The summed E-state index contributed by atoms with van der Waals surface area (Å²) in [6.45, 7) is -0.395. The molecule has 0 saturated heterocycles. The molecule has 2 heterocycles. The van der Waals surface area contributed by atoms with Gasteiger partial charge >= 0.3 is 0 Å². The van der Waals surface area contributed by atoms with Gasteiger partial charge in [0.05, 0.1) is 69.8 Å². The van der Waals surface area contributed by atoms with E-state index in [2.05, 4.69) is 4.98 Å². The molecular formula is C30H27N3O9. The number of carbonyl (C=O) groups excluding carboxylic acids is 2. The summed E-state index contributed by atoms with van der Waals surface area (Å²) in [5.74, 6) is -0.0443. The highest BCUT2D eigenvalue weighted by molar-refractivity contribution is 6.49. The molecule has 0 saturated carbocycles. The van der Waals surface area contributed by atoms with Crippen LogP contribution in [0.2, 0.25) is 0 Å². The number of methoxy groups -OCH3 is 5. The Labute approximate surface area is 240 Å². The van der Waals surface area contributed by atoms with Crippen molar-refractivity contribution in [1.82, 2.24) is 9.88 Å². The zero-order chi connectivity index (χ0) is 30.1. The fourth-order valence-corrected chi connectivity index (χ4v) is 5.12. The maximum atomic E-state index is 14.2. The van der Waals surface area contributed by atoms with E-state index in [1.165, 1.54) is 47.7 Å². The molecule has 12 heteroatoms. The van der Waals surface area contributed by atoms with Crippen LogP contribution in [-0.2, 0) is 16.1 Å². The van der Waals surface area contributed by atoms with Crippen LogP contribution in [0.15, 0.2) is 54.7 Å². The SMILES string of the molecule is COc1cc(CN2C(=O)C(c3cc(OC)c(OC)c(OC)c3)=C(c3c[nH]c4ccccc34)C2=O)c([N+](=O)[O-])cc1OC. The average molecular weight is 574 g/mol. The van der Waals surface area contributed by atoms with E-state index in [9.17, 15) is 19.7 Å². The van der Waals surface area contributed by atoms with E-state index >= 15 is 0 Å². The minimum absolute atomic E-state index is 0.0761. The number of nitrogens with one attached hydrogen (secondary N) is 1. The molecule has 1 aliphatic heterocycles. The number of imide groups is 1. The van der Waals surface area contributed by atoms with Crippen LogP contribution in [0.1, 0.15) is 16.7 Å². The molecule has 2 amide bonds. The second-order valence-corrected chi connectivity index (χ2v) is 9.20. The van der Waals surface area contributed by atoms with Gasteiger partial charge in [-0.05, 0) is 29.8 Å². The van der Waals surface area contributed by atoms with Gasteiger partial charge in [0.1, 0.15) is 0 Å². The number of amides is 2. The predicted octanol–water partition coefficient (Wildman–Crippen LogP) is 4.60. The molecule has 4 aromatic rings. The first-order chi connectivity index (χ1) is 20.3. The Balaban J connectivity index is 1.72. The zero-order valence-electron chi connectivity index (χ0n) is 23.5. The van der Waals surface area contributed by atoms with Crippen LogP contribution in [-0.4, -0.2) is 62.2 Å². The number of aromatic nitrogens is 1. The van der Waals surface area contributed by atoms with Gasteiger partial charge in [0.25, 0.3) is 17.5 Å². The minimum atomic E-state index is -0.654. The van der Waals surface area contributed by atoms with Gasteiger partial charge in [-0.2, -0.15) is 0 Å². The van der Waals surface area contributed by atoms with E-state index in [-0.39, 0.29) is 45.4 Å². The van der Waals surface area contributed by atoms with Crippen molar-refractivity contribution in [2.24, 2.45) is 0 Å². The molecule has 1 aromatic heterocycles. The summed E-state index contributed by atoms with van der Waals surface area (Å²) in [5, 5.41) is 12.7. The Kier molecular flexibility index (Phi) is 7.45. The fourth-order valence-electron chi connectivity index (χ4n) is 5.12. The number of ether oxygens (including phenoxy) is 5. The highest BCUT2D eigenvalue weighted by Crippen LogP contribution is 2.45. The topological polar surface area (TPSA) is 142 Å². The monoisotopic (exact) mass is 573 g/mol. The van der Waals surface area contributed by atoms with E-state index in [1.807, 2.05) is 24.3 Å². The van der Waals surface area contributed by atoms with Gasteiger partial charge in [0.15, 0.2) is 23.0 Å². The summed E-state index contributed by atoms with van der Waals surface area (Å²) < 4.78 is 27.0. The van der Waals surface area contributed by atoms with Gasteiger partial charge in [-0.1, -0.05) is 18.2 Å². The van der Waals surface area contributed by atoms with Crippen molar-refractivity contribution in [3.8, 4) is 28.7 Å². The van der Waals surface area contributed by atoms with Gasteiger partial charge < -0.3 is 28.7 Å². The zero-order valence-corrected chi connectivity index (χ0v) is 23.5. The third-order valence-electron chi connectivity index (χ3n) is 7.09. The second-order valence-electron chi connectivity index (χ2n) is 9.20. The quantitative estimate of drug-likeness (QED) is 0.164. The number of nitro groups is 1.